The molecule has 2 amide bonds. The Hall–Kier alpha value is -2.15. The molecule has 0 aliphatic carbocycles. The molecule has 1 aromatic rings. The fourth-order valence-corrected chi connectivity index (χ4v) is 2.51. The lowest BCUT2D eigenvalue weighted by molar-refractivity contribution is -0.145. The molecular weight excluding hydrogens is 360 g/mol. The van der Waals surface area contributed by atoms with Gasteiger partial charge in [-0.3, -0.25) is 4.79 Å². The Morgan fingerprint density at radius 1 is 1.19 bits per heavy atom. The van der Waals surface area contributed by atoms with Gasteiger partial charge in [-0.05, 0) is 19.8 Å². The molecule has 0 heterocycles. The van der Waals surface area contributed by atoms with E-state index in [9.17, 15) is 9.59 Å². The zero-order chi connectivity index (χ0) is 19.9. The number of hydrogen-bond acceptors (Lipinski definition) is 5. The van der Waals surface area contributed by atoms with E-state index in [1.165, 1.54) is 14.2 Å². The van der Waals surface area contributed by atoms with Crippen LogP contribution in [0.2, 0.25) is 5.02 Å². The highest BCUT2D eigenvalue weighted by Crippen LogP contribution is 2.36. The minimum absolute atomic E-state index is 0.000643. The molecule has 0 spiro atoms. The molecule has 0 radical (unpaired) electrons. The Morgan fingerprint density at radius 3 is 2.31 bits per heavy atom. The molecule has 0 bridgehead atoms. The van der Waals surface area contributed by atoms with Crippen LogP contribution in [-0.4, -0.2) is 38.4 Å². The van der Waals surface area contributed by atoms with Crippen molar-refractivity contribution in [1.29, 1.82) is 0 Å². The van der Waals surface area contributed by atoms with Crippen LogP contribution in [0, 0.1) is 5.92 Å². The average Bonchev–Trinajstić information content (AvgIpc) is 2.55. The van der Waals surface area contributed by atoms with Gasteiger partial charge in [-0.25, -0.2) is 4.79 Å². The zero-order valence-electron chi connectivity index (χ0n) is 16.1. The molecule has 1 atom stereocenters. The van der Waals surface area contributed by atoms with Gasteiger partial charge in [0, 0.05) is 12.1 Å². The number of hydrogen-bond donors (Lipinski definition) is 2. The Bertz CT molecular complexity index is 651. The lowest BCUT2D eigenvalue weighted by Crippen LogP contribution is -2.52. The van der Waals surface area contributed by atoms with E-state index in [2.05, 4.69) is 10.6 Å². The quantitative estimate of drug-likeness (QED) is 0.663. The summed E-state index contributed by atoms with van der Waals surface area (Å²) in [6, 6.07) is 2.64. The van der Waals surface area contributed by atoms with E-state index in [-0.39, 0.29) is 18.3 Å². The highest BCUT2D eigenvalue weighted by molar-refractivity contribution is 6.32. The smallest absolute Gasteiger partial charge is 0.319 e. The maximum absolute atomic E-state index is 12.5. The average molecular weight is 387 g/mol. The molecule has 0 unspecified atom stereocenters. The van der Waals surface area contributed by atoms with Crippen LogP contribution < -0.4 is 20.1 Å². The summed E-state index contributed by atoms with van der Waals surface area (Å²) in [6.45, 7) is 7.68. The molecule has 0 saturated carbocycles. The molecule has 26 heavy (non-hydrogen) atoms. The first kappa shape index (κ1) is 21.9. The first-order valence-electron chi connectivity index (χ1n) is 8.33. The number of urea groups is 1. The Morgan fingerprint density at radius 2 is 1.81 bits per heavy atom. The number of esters is 1. The van der Waals surface area contributed by atoms with Crippen molar-refractivity contribution in [3.05, 3.63) is 17.2 Å². The van der Waals surface area contributed by atoms with Crippen LogP contribution in [-0.2, 0) is 9.53 Å². The van der Waals surface area contributed by atoms with Crippen molar-refractivity contribution >= 4 is 29.3 Å². The first-order valence-corrected chi connectivity index (χ1v) is 8.71. The van der Waals surface area contributed by atoms with Crippen molar-refractivity contribution in [2.24, 2.45) is 5.92 Å². The van der Waals surface area contributed by atoms with Crippen molar-refractivity contribution in [2.75, 3.05) is 26.1 Å². The third kappa shape index (κ3) is 5.69. The van der Waals surface area contributed by atoms with Crippen molar-refractivity contribution in [3.63, 3.8) is 0 Å². The maximum Gasteiger partial charge on any atom is 0.319 e. The van der Waals surface area contributed by atoms with E-state index < -0.39 is 11.6 Å². The lowest BCUT2D eigenvalue weighted by atomic mass is 9.85. The van der Waals surface area contributed by atoms with E-state index in [1.54, 1.807) is 26.0 Å². The largest absolute Gasteiger partial charge is 0.495 e. The van der Waals surface area contributed by atoms with E-state index >= 15 is 0 Å². The summed E-state index contributed by atoms with van der Waals surface area (Å²) in [5, 5.41) is 5.93. The minimum Gasteiger partial charge on any atom is -0.495 e. The number of amides is 2. The van der Waals surface area contributed by atoms with Crippen LogP contribution in [0.5, 0.6) is 11.5 Å². The number of rotatable bonds is 8. The van der Waals surface area contributed by atoms with E-state index in [1.807, 2.05) is 13.8 Å². The molecule has 1 rings (SSSR count). The molecule has 0 aliphatic rings. The van der Waals surface area contributed by atoms with Gasteiger partial charge in [0.15, 0.2) is 0 Å². The lowest BCUT2D eigenvalue weighted by Gasteiger charge is -2.34. The number of halogens is 1. The van der Waals surface area contributed by atoms with E-state index in [0.29, 0.717) is 28.8 Å². The maximum atomic E-state index is 12.5. The van der Waals surface area contributed by atoms with Gasteiger partial charge in [-0.2, -0.15) is 0 Å². The van der Waals surface area contributed by atoms with Crippen LogP contribution in [0.25, 0.3) is 0 Å². The molecule has 8 heteroatoms. The van der Waals surface area contributed by atoms with Crippen LogP contribution in [0.15, 0.2) is 12.1 Å². The molecular formula is C18H27ClN2O5. The van der Waals surface area contributed by atoms with Gasteiger partial charge in [0.05, 0.1) is 43.5 Å². The van der Waals surface area contributed by atoms with Gasteiger partial charge < -0.3 is 24.8 Å². The van der Waals surface area contributed by atoms with Crippen LogP contribution in [0.3, 0.4) is 0 Å². The third-order valence-corrected chi connectivity index (χ3v) is 4.51. The topological polar surface area (TPSA) is 85.9 Å². The van der Waals surface area contributed by atoms with Gasteiger partial charge in [0.2, 0.25) is 0 Å². The number of ether oxygens (including phenoxy) is 3. The summed E-state index contributed by atoms with van der Waals surface area (Å²) in [6.07, 6.45) is 0.0625. The first-order chi connectivity index (χ1) is 12.2. The third-order valence-electron chi connectivity index (χ3n) is 4.21. The van der Waals surface area contributed by atoms with Gasteiger partial charge in [0.1, 0.15) is 11.5 Å². The molecule has 146 valence electrons. The molecule has 0 saturated heterocycles. The van der Waals surface area contributed by atoms with Crippen molar-refractivity contribution in [1.82, 2.24) is 5.32 Å². The van der Waals surface area contributed by atoms with Gasteiger partial charge in [-0.1, -0.05) is 25.4 Å². The van der Waals surface area contributed by atoms with Gasteiger partial charge in [0.25, 0.3) is 0 Å². The second-order valence-electron chi connectivity index (χ2n) is 6.32. The van der Waals surface area contributed by atoms with Gasteiger partial charge >= 0.3 is 12.0 Å². The molecule has 0 aromatic heterocycles. The number of benzene rings is 1. The van der Waals surface area contributed by atoms with Crippen molar-refractivity contribution < 1.29 is 23.8 Å². The predicted molar refractivity (Wildman–Crippen MR) is 101 cm³/mol. The predicted octanol–water partition coefficient (Wildman–Crippen LogP) is 3.85. The number of carbonyl (C=O) groups is 2. The molecule has 2 N–H and O–H groups in total. The highest BCUT2D eigenvalue weighted by Gasteiger charge is 2.33. The zero-order valence-corrected chi connectivity index (χ0v) is 16.8. The summed E-state index contributed by atoms with van der Waals surface area (Å²) in [4.78, 5) is 24.4. The molecule has 7 nitrogen and oxygen atoms in total. The number of methoxy groups -OCH3 is 2. The summed E-state index contributed by atoms with van der Waals surface area (Å²) < 4.78 is 15.4. The van der Waals surface area contributed by atoms with E-state index in [4.69, 9.17) is 25.8 Å². The van der Waals surface area contributed by atoms with Crippen molar-refractivity contribution in [2.45, 2.75) is 39.7 Å². The number of anilines is 1. The summed E-state index contributed by atoms with van der Waals surface area (Å²) in [5.74, 6) is 0.428. The summed E-state index contributed by atoms with van der Waals surface area (Å²) in [5.41, 5.74) is -0.381. The standard InChI is InChI=1S/C18H27ClN2O5/c1-7-26-16(22)10-18(4,11(2)3)21-17(23)20-13-9-14(24-5)12(19)8-15(13)25-6/h8-9,11H,7,10H2,1-6H3,(H2,20,21,23)/t18-/m0/s1. The van der Waals surface area contributed by atoms with Gasteiger partial charge in [-0.15, -0.1) is 0 Å². The van der Waals surface area contributed by atoms with Crippen LogP contribution in [0.1, 0.15) is 34.1 Å². The number of carbonyl (C=O) groups excluding carboxylic acids is 2. The fraction of sp³-hybridized carbons (Fsp3) is 0.556. The minimum atomic E-state index is -0.778. The Labute approximate surface area is 159 Å². The van der Waals surface area contributed by atoms with Crippen LogP contribution in [0.4, 0.5) is 10.5 Å². The Kier molecular flexibility index (Phi) is 8.02. The van der Waals surface area contributed by atoms with Crippen molar-refractivity contribution in [3.8, 4) is 11.5 Å². The molecule has 1 aromatic carbocycles. The van der Waals surface area contributed by atoms with E-state index in [0.717, 1.165) is 0 Å². The second kappa shape index (κ2) is 9.52. The molecule has 0 fully saturated rings. The molecule has 0 aliphatic heterocycles. The fourth-order valence-electron chi connectivity index (χ4n) is 2.28. The number of nitrogens with one attached hydrogen (secondary N) is 2. The van der Waals surface area contributed by atoms with Crippen LogP contribution >= 0.6 is 11.6 Å². The SMILES string of the molecule is CCOC(=O)C[C@](C)(NC(=O)Nc1cc(OC)c(Cl)cc1OC)C(C)C. The second-order valence-corrected chi connectivity index (χ2v) is 6.73. The highest BCUT2D eigenvalue weighted by atomic mass is 35.5. The summed E-state index contributed by atoms with van der Waals surface area (Å²) >= 11 is 6.07. The monoisotopic (exact) mass is 386 g/mol. The normalized spacial score (nSPS) is 12.9. The summed E-state index contributed by atoms with van der Waals surface area (Å²) in [7, 11) is 2.95. The Balaban J connectivity index is 2.97.